The van der Waals surface area contributed by atoms with E-state index >= 15 is 0 Å². The standard InChI is InChI=1S/C22H15N5O/c1-28-12-6-7-17-15(10-12)16(11-25-17)22-26-20-13-4-2-8-23-18(13)19-14(21(20)27-22)5-3-9-24-19/h2-11,25H,1H3,(H,26,27). The maximum absolute atomic E-state index is 5.40. The number of aromatic nitrogens is 5. The van der Waals surface area contributed by atoms with Crippen LogP contribution in [0.15, 0.2) is 61.1 Å². The van der Waals surface area contributed by atoms with Crippen LogP contribution in [0.5, 0.6) is 5.75 Å². The molecule has 0 aliphatic heterocycles. The minimum Gasteiger partial charge on any atom is -0.497 e. The molecule has 4 heterocycles. The number of H-pyrrole nitrogens is 2. The molecule has 6 heteroatoms. The van der Waals surface area contributed by atoms with Crippen molar-refractivity contribution in [3.05, 3.63) is 61.1 Å². The lowest BCUT2D eigenvalue weighted by atomic mass is 10.1. The Bertz CT molecular complexity index is 1440. The van der Waals surface area contributed by atoms with Crippen LogP contribution < -0.4 is 4.74 Å². The molecule has 6 rings (SSSR count). The zero-order valence-electron chi connectivity index (χ0n) is 15.0. The van der Waals surface area contributed by atoms with Crippen LogP contribution in [0.4, 0.5) is 0 Å². The zero-order valence-corrected chi connectivity index (χ0v) is 15.0. The van der Waals surface area contributed by atoms with E-state index in [1.165, 1.54) is 0 Å². The Morgan fingerprint density at radius 3 is 2.46 bits per heavy atom. The second kappa shape index (κ2) is 5.53. The number of pyridine rings is 2. The van der Waals surface area contributed by atoms with E-state index in [0.717, 1.165) is 60.9 Å². The number of nitrogens with one attached hydrogen (secondary N) is 2. The minimum atomic E-state index is 0.802. The van der Waals surface area contributed by atoms with Crippen molar-refractivity contribution in [2.75, 3.05) is 7.11 Å². The van der Waals surface area contributed by atoms with Crippen molar-refractivity contribution in [2.45, 2.75) is 0 Å². The highest BCUT2D eigenvalue weighted by Crippen LogP contribution is 2.35. The van der Waals surface area contributed by atoms with Crippen molar-refractivity contribution in [1.29, 1.82) is 0 Å². The number of ether oxygens (including phenoxy) is 1. The second-order valence-corrected chi connectivity index (χ2v) is 6.72. The highest BCUT2D eigenvalue weighted by molar-refractivity contribution is 6.21. The fourth-order valence-corrected chi connectivity index (χ4v) is 3.89. The highest BCUT2D eigenvalue weighted by atomic mass is 16.5. The van der Waals surface area contributed by atoms with Crippen LogP contribution >= 0.6 is 0 Å². The third kappa shape index (κ3) is 2.00. The highest BCUT2D eigenvalue weighted by Gasteiger charge is 2.17. The molecule has 0 aliphatic rings. The molecular formula is C22H15N5O. The van der Waals surface area contributed by atoms with E-state index in [1.54, 1.807) is 19.5 Å². The first-order chi connectivity index (χ1) is 13.8. The number of nitrogens with zero attached hydrogens (tertiary/aromatic N) is 3. The molecule has 0 atom stereocenters. The average molecular weight is 365 g/mol. The van der Waals surface area contributed by atoms with Crippen molar-refractivity contribution in [3.8, 4) is 17.1 Å². The summed E-state index contributed by atoms with van der Waals surface area (Å²) in [5, 5.41) is 3.06. The van der Waals surface area contributed by atoms with Crippen molar-refractivity contribution in [2.24, 2.45) is 0 Å². The van der Waals surface area contributed by atoms with Gasteiger partial charge in [0.25, 0.3) is 0 Å². The first-order valence-corrected chi connectivity index (χ1v) is 9.00. The summed E-state index contributed by atoms with van der Waals surface area (Å²) >= 11 is 0. The molecule has 0 saturated carbocycles. The van der Waals surface area contributed by atoms with Gasteiger partial charge in [-0.1, -0.05) is 0 Å². The molecule has 0 spiro atoms. The predicted octanol–water partition coefficient (Wildman–Crippen LogP) is 4.82. The summed E-state index contributed by atoms with van der Waals surface area (Å²) in [5.41, 5.74) is 5.64. The molecule has 0 saturated heterocycles. The van der Waals surface area contributed by atoms with E-state index in [2.05, 4.69) is 26.0 Å². The van der Waals surface area contributed by atoms with Gasteiger partial charge in [0, 0.05) is 45.8 Å². The number of rotatable bonds is 2. The molecule has 6 aromatic rings. The Morgan fingerprint density at radius 1 is 0.857 bits per heavy atom. The van der Waals surface area contributed by atoms with Gasteiger partial charge in [-0.3, -0.25) is 9.97 Å². The van der Waals surface area contributed by atoms with Crippen LogP contribution in [0.2, 0.25) is 0 Å². The average Bonchev–Trinajstić information content (AvgIpc) is 3.38. The number of aromatic amines is 2. The Morgan fingerprint density at radius 2 is 1.64 bits per heavy atom. The van der Waals surface area contributed by atoms with Gasteiger partial charge in [0.15, 0.2) is 0 Å². The number of methoxy groups -OCH3 is 1. The summed E-state index contributed by atoms with van der Waals surface area (Å²) in [4.78, 5) is 20.9. The lowest BCUT2D eigenvalue weighted by Crippen LogP contribution is -1.86. The molecule has 134 valence electrons. The smallest absolute Gasteiger partial charge is 0.140 e. The lowest BCUT2D eigenvalue weighted by molar-refractivity contribution is 0.415. The summed E-state index contributed by atoms with van der Waals surface area (Å²) in [6.45, 7) is 0. The second-order valence-electron chi connectivity index (χ2n) is 6.72. The van der Waals surface area contributed by atoms with Crippen molar-refractivity contribution in [1.82, 2.24) is 24.9 Å². The molecule has 6 nitrogen and oxygen atoms in total. The van der Waals surface area contributed by atoms with Crippen LogP contribution in [0.3, 0.4) is 0 Å². The predicted molar refractivity (Wildman–Crippen MR) is 111 cm³/mol. The number of benzene rings is 2. The van der Waals surface area contributed by atoms with Crippen LogP contribution in [0, 0.1) is 0 Å². The van der Waals surface area contributed by atoms with Gasteiger partial charge in [0.1, 0.15) is 11.6 Å². The normalized spacial score (nSPS) is 11.8. The fraction of sp³-hybridized carbons (Fsp3) is 0.0455. The van der Waals surface area contributed by atoms with Gasteiger partial charge in [-0.25, -0.2) is 4.98 Å². The van der Waals surface area contributed by atoms with E-state index in [9.17, 15) is 0 Å². The van der Waals surface area contributed by atoms with E-state index in [-0.39, 0.29) is 0 Å². The van der Waals surface area contributed by atoms with Gasteiger partial charge in [-0.15, -0.1) is 0 Å². The third-order valence-corrected chi connectivity index (χ3v) is 5.21. The van der Waals surface area contributed by atoms with E-state index in [4.69, 9.17) is 9.72 Å². The molecule has 0 fully saturated rings. The topological polar surface area (TPSA) is 79.5 Å². The van der Waals surface area contributed by atoms with E-state index in [0.29, 0.717) is 0 Å². The molecule has 4 aromatic heterocycles. The first-order valence-electron chi connectivity index (χ1n) is 9.00. The quantitative estimate of drug-likeness (QED) is 0.431. The Kier molecular flexibility index (Phi) is 3.00. The lowest BCUT2D eigenvalue weighted by Gasteiger charge is -2.03. The Labute approximate surface area is 159 Å². The zero-order chi connectivity index (χ0) is 18.7. The molecule has 0 radical (unpaired) electrons. The monoisotopic (exact) mass is 365 g/mol. The fourth-order valence-electron chi connectivity index (χ4n) is 3.89. The van der Waals surface area contributed by atoms with Crippen LogP contribution in [0.25, 0.3) is 55.1 Å². The van der Waals surface area contributed by atoms with Gasteiger partial charge in [-0.05, 0) is 42.5 Å². The molecule has 0 amide bonds. The molecule has 0 unspecified atom stereocenters. The first kappa shape index (κ1) is 15.2. The summed E-state index contributed by atoms with van der Waals surface area (Å²) in [5.74, 6) is 1.62. The number of hydrogen-bond acceptors (Lipinski definition) is 4. The molecule has 0 bridgehead atoms. The van der Waals surface area contributed by atoms with Crippen molar-refractivity contribution < 1.29 is 4.74 Å². The number of hydrogen-bond donors (Lipinski definition) is 2. The summed E-state index contributed by atoms with van der Waals surface area (Å²) in [6.07, 6.45) is 5.57. The summed E-state index contributed by atoms with van der Waals surface area (Å²) in [6, 6.07) is 13.9. The summed E-state index contributed by atoms with van der Waals surface area (Å²) in [7, 11) is 1.67. The van der Waals surface area contributed by atoms with E-state index in [1.807, 2.05) is 42.6 Å². The van der Waals surface area contributed by atoms with Gasteiger partial charge >= 0.3 is 0 Å². The number of imidazole rings is 1. The third-order valence-electron chi connectivity index (χ3n) is 5.21. The maximum atomic E-state index is 5.40. The molecule has 2 aromatic carbocycles. The molecule has 2 N–H and O–H groups in total. The van der Waals surface area contributed by atoms with Gasteiger partial charge in [0.2, 0.25) is 0 Å². The van der Waals surface area contributed by atoms with Crippen molar-refractivity contribution in [3.63, 3.8) is 0 Å². The largest absolute Gasteiger partial charge is 0.497 e. The summed E-state index contributed by atoms with van der Waals surface area (Å²) < 4.78 is 5.40. The van der Waals surface area contributed by atoms with Crippen LogP contribution in [-0.2, 0) is 0 Å². The Hall–Kier alpha value is -3.93. The van der Waals surface area contributed by atoms with Crippen LogP contribution in [0.1, 0.15) is 0 Å². The Balaban J connectivity index is 1.73. The molecule has 0 aliphatic carbocycles. The van der Waals surface area contributed by atoms with Gasteiger partial charge in [-0.2, -0.15) is 0 Å². The van der Waals surface area contributed by atoms with E-state index < -0.39 is 0 Å². The van der Waals surface area contributed by atoms with Gasteiger partial charge in [0.05, 0.1) is 29.2 Å². The van der Waals surface area contributed by atoms with Crippen molar-refractivity contribution >= 4 is 43.7 Å². The molecule has 28 heavy (non-hydrogen) atoms. The van der Waals surface area contributed by atoms with Crippen LogP contribution in [-0.4, -0.2) is 32.0 Å². The van der Waals surface area contributed by atoms with Gasteiger partial charge < -0.3 is 14.7 Å². The molecular weight excluding hydrogens is 350 g/mol. The minimum absolute atomic E-state index is 0.802. The maximum Gasteiger partial charge on any atom is 0.140 e. The number of fused-ring (bicyclic) bond motifs is 7. The SMILES string of the molecule is COc1ccc2[nH]cc(-c3nc4c5cccnc5c5ncccc5c4[nH]3)c2c1.